The number of carbonyl (C=O) groups excluding carboxylic acids is 1. The van der Waals surface area contributed by atoms with E-state index in [-0.39, 0.29) is 12.5 Å². The van der Waals surface area contributed by atoms with Gasteiger partial charge in [0, 0.05) is 19.0 Å². The quantitative estimate of drug-likeness (QED) is 0.617. The van der Waals surface area contributed by atoms with Gasteiger partial charge >= 0.3 is 0 Å². The van der Waals surface area contributed by atoms with E-state index >= 15 is 0 Å². The van der Waals surface area contributed by atoms with Crippen molar-refractivity contribution in [2.75, 3.05) is 11.9 Å². The number of nitrogens with zero attached hydrogens (tertiary/aromatic N) is 2. The summed E-state index contributed by atoms with van der Waals surface area (Å²) < 4.78 is 7.61. The van der Waals surface area contributed by atoms with Gasteiger partial charge in [0.2, 0.25) is 0 Å². The zero-order valence-corrected chi connectivity index (χ0v) is 15.6. The molecular formula is C22H25N3O2. The second kappa shape index (κ2) is 9.57. The van der Waals surface area contributed by atoms with Gasteiger partial charge in [0.15, 0.2) is 6.61 Å². The second-order valence-electron chi connectivity index (χ2n) is 6.40. The lowest BCUT2D eigenvalue weighted by Crippen LogP contribution is -2.22. The Bertz CT molecular complexity index is 859. The van der Waals surface area contributed by atoms with Crippen molar-refractivity contribution in [2.24, 2.45) is 0 Å². The standard InChI is InChI=1S/C22H25N3O2/c1-2-3-15-25-21(13-14-23-25)24-22(26)17-27-20-12-8-7-11-19(20)16-18-9-5-4-6-10-18/h4-14H,2-3,15-17H2,1H3,(H,24,26). The van der Waals surface area contributed by atoms with Crippen molar-refractivity contribution < 1.29 is 9.53 Å². The summed E-state index contributed by atoms with van der Waals surface area (Å²) in [5.41, 5.74) is 2.27. The molecule has 0 aliphatic heterocycles. The van der Waals surface area contributed by atoms with Gasteiger partial charge in [-0.05, 0) is 23.6 Å². The molecule has 0 saturated carbocycles. The lowest BCUT2D eigenvalue weighted by molar-refractivity contribution is -0.118. The number of aryl methyl sites for hydroxylation is 1. The fourth-order valence-electron chi connectivity index (χ4n) is 2.85. The van der Waals surface area contributed by atoms with E-state index in [1.165, 1.54) is 5.56 Å². The Morgan fingerprint density at radius 2 is 1.85 bits per heavy atom. The van der Waals surface area contributed by atoms with E-state index in [1.54, 1.807) is 12.3 Å². The van der Waals surface area contributed by atoms with Crippen LogP contribution in [-0.4, -0.2) is 22.3 Å². The van der Waals surface area contributed by atoms with Gasteiger partial charge < -0.3 is 10.1 Å². The molecule has 140 valence electrons. The van der Waals surface area contributed by atoms with Crippen molar-refractivity contribution in [2.45, 2.75) is 32.7 Å². The van der Waals surface area contributed by atoms with Crippen LogP contribution in [0.5, 0.6) is 5.75 Å². The number of hydrogen-bond acceptors (Lipinski definition) is 3. The third-order valence-electron chi connectivity index (χ3n) is 4.28. The molecule has 0 bridgehead atoms. The Labute approximate surface area is 160 Å². The first-order valence-corrected chi connectivity index (χ1v) is 9.32. The molecule has 0 fully saturated rings. The molecule has 3 aromatic rings. The van der Waals surface area contributed by atoms with Gasteiger partial charge in [-0.3, -0.25) is 4.79 Å². The normalized spacial score (nSPS) is 10.6. The fraction of sp³-hybridized carbons (Fsp3) is 0.273. The molecule has 1 N–H and O–H groups in total. The van der Waals surface area contributed by atoms with Crippen molar-refractivity contribution in [1.29, 1.82) is 0 Å². The topological polar surface area (TPSA) is 56.2 Å². The molecule has 0 saturated heterocycles. The van der Waals surface area contributed by atoms with E-state index in [0.29, 0.717) is 5.82 Å². The smallest absolute Gasteiger partial charge is 0.263 e. The number of rotatable bonds is 9. The number of aromatic nitrogens is 2. The predicted octanol–water partition coefficient (Wildman–Crippen LogP) is 4.29. The maximum atomic E-state index is 12.3. The number of carbonyl (C=O) groups is 1. The second-order valence-corrected chi connectivity index (χ2v) is 6.40. The summed E-state index contributed by atoms with van der Waals surface area (Å²) in [6, 6.07) is 19.8. The van der Waals surface area contributed by atoms with Crippen LogP contribution >= 0.6 is 0 Å². The third kappa shape index (κ3) is 5.45. The number of hydrogen-bond donors (Lipinski definition) is 1. The van der Waals surface area contributed by atoms with E-state index in [9.17, 15) is 4.79 Å². The first-order valence-electron chi connectivity index (χ1n) is 9.32. The summed E-state index contributed by atoms with van der Waals surface area (Å²) in [6.45, 7) is 2.88. The van der Waals surface area contributed by atoms with Crippen molar-refractivity contribution in [3.8, 4) is 5.75 Å². The molecule has 2 aromatic carbocycles. The molecule has 3 rings (SSSR count). The van der Waals surface area contributed by atoms with Crippen molar-refractivity contribution in [3.05, 3.63) is 78.0 Å². The number of para-hydroxylation sites is 1. The fourth-order valence-corrected chi connectivity index (χ4v) is 2.85. The largest absolute Gasteiger partial charge is 0.483 e. The highest BCUT2D eigenvalue weighted by molar-refractivity contribution is 5.91. The van der Waals surface area contributed by atoms with Crippen LogP contribution < -0.4 is 10.1 Å². The zero-order chi connectivity index (χ0) is 18.9. The molecule has 5 nitrogen and oxygen atoms in total. The Balaban J connectivity index is 1.59. The zero-order valence-electron chi connectivity index (χ0n) is 15.6. The van der Waals surface area contributed by atoms with Crippen molar-refractivity contribution >= 4 is 11.7 Å². The third-order valence-corrected chi connectivity index (χ3v) is 4.28. The van der Waals surface area contributed by atoms with Crippen LogP contribution in [-0.2, 0) is 17.8 Å². The highest BCUT2D eigenvalue weighted by Gasteiger charge is 2.10. The molecular weight excluding hydrogens is 338 g/mol. The Kier molecular flexibility index (Phi) is 6.63. The summed E-state index contributed by atoms with van der Waals surface area (Å²) in [6.07, 6.45) is 4.56. The number of benzene rings is 2. The molecule has 0 spiro atoms. The molecule has 1 heterocycles. The van der Waals surface area contributed by atoms with Crippen LogP contribution in [0.4, 0.5) is 5.82 Å². The van der Waals surface area contributed by atoms with E-state index < -0.39 is 0 Å². The Morgan fingerprint density at radius 3 is 2.67 bits per heavy atom. The molecule has 27 heavy (non-hydrogen) atoms. The highest BCUT2D eigenvalue weighted by atomic mass is 16.5. The van der Waals surface area contributed by atoms with E-state index in [2.05, 4.69) is 29.5 Å². The Hall–Kier alpha value is -3.08. The van der Waals surface area contributed by atoms with Crippen LogP contribution in [0.2, 0.25) is 0 Å². The summed E-state index contributed by atoms with van der Waals surface area (Å²) in [4.78, 5) is 12.3. The average molecular weight is 363 g/mol. The molecule has 0 radical (unpaired) electrons. The summed E-state index contributed by atoms with van der Waals surface area (Å²) >= 11 is 0. The van der Waals surface area contributed by atoms with Gasteiger partial charge in [0.25, 0.3) is 5.91 Å². The molecule has 0 aliphatic rings. The number of ether oxygens (including phenoxy) is 1. The first-order chi connectivity index (χ1) is 13.3. The summed E-state index contributed by atoms with van der Waals surface area (Å²) in [5.74, 6) is 1.24. The molecule has 0 unspecified atom stereocenters. The molecule has 1 amide bonds. The van der Waals surface area contributed by atoms with Gasteiger partial charge in [-0.15, -0.1) is 0 Å². The Morgan fingerprint density at radius 1 is 1.07 bits per heavy atom. The van der Waals surface area contributed by atoms with Crippen molar-refractivity contribution in [1.82, 2.24) is 9.78 Å². The molecule has 0 atom stereocenters. The van der Waals surface area contributed by atoms with E-state index in [0.717, 1.165) is 37.1 Å². The monoisotopic (exact) mass is 363 g/mol. The van der Waals surface area contributed by atoms with E-state index in [4.69, 9.17) is 4.74 Å². The maximum absolute atomic E-state index is 12.3. The number of amides is 1. The van der Waals surface area contributed by atoms with Gasteiger partial charge in [-0.1, -0.05) is 61.9 Å². The molecule has 0 aliphatic carbocycles. The summed E-state index contributed by atoms with van der Waals surface area (Å²) in [5, 5.41) is 7.12. The van der Waals surface area contributed by atoms with Gasteiger partial charge in [-0.2, -0.15) is 5.10 Å². The van der Waals surface area contributed by atoms with Gasteiger partial charge in [0.05, 0.1) is 6.20 Å². The molecule has 1 aromatic heterocycles. The first kappa shape index (κ1) is 18.7. The highest BCUT2D eigenvalue weighted by Crippen LogP contribution is 2.21. The average Bonchev–Trinajstić information content (AvgIpc) is 3.13. The van der Waals surface area contributed by atoms with Crippen LogP contribution in [0.3, 0.4) is 0 Å². The maximum Gasteiger partial charge on any atom is 0.263 e. The van der Waals surface area contributed by atoms with Crippen molar-refractivity contribution in [3.63, 3.8) is 0 Å². The van der Waals surface area contributed by atoms with Crippen LogP contribution in [0.25, 0.3) is 0 Å². The SMILES string of the molecule is CCCCn1nccc1NC(=O)COc1ccccc1Cc1ccccc1. The minimum absolute atomic E-state index is 0.0369. The number of nitrogens with one attached hydrogen (secondary N) is 1. The van der Waals surface area contributed by atoms with Gasteiger partial charge in [0.1, 0.15) is 11.6 Å². The van der Waals surface area contributed by atoms with E-state index in [1.807, 2.05) is 47.1 Å². The minimum Gasteiger partial charge on any atom is -0.483 e. The number of anilines is 1. The van der Waals surface area contributed by atoms with Crippen LogP contribution in [0, 0.1) is 0 Å². The van der Waals surface area contributed by atoms with Crippen LogP contribution in [0.1, 0.15) is 30.9 Å². The van der Waals surface area contributed by atoms with Crippen LogP contribution in [0.15, 0.2) is 66.9 Å². The molecule has 5 heteroatoms. The number of unbranched alkanes of at least 4 members (excludes halogenated alkanes) is 1. The van der Waals surface area contributed by atoms with Gasteiger partial charge in [-0.25, -0.2) is 4.68 Å². The lowest BCUT2D eigenvalue weighted by atomic mass is 10.0. The lowest BCUT2D eigenvalue weighted by Gasteiger charge is -2.12. The minimum atomic E-state index is -0.192. The predicted molar refractivity (Wildman–Crippen MR) is 107 cm³/mol. The summed E-state index contributed by atoms with van der Waals surface area (Å²) in [7, 11) is 0.